The lowest BCUT2D eigenvalue weighted by Crippen LogP contribution is -2.28. The van der Waals surface area contributed by atoms with Crippen molar-refractivity contribution in [2.75, 3.05) is 0 Å². The van der Waals surface area contributed by atoms with Gasteiger partial charge < -0.3 is 4.18 Å². The smallest absolute Gasteiger partial charge is 0.372 e. The fraction of sp³-hybridized carbons (Fsp3) is 0.0909. The Bertz CT molecular complexity index is 722. The first kappa shape index (κ1) is 13.6. The number of rotatable bonds is 2. The van der Waals surface area contributed by atoms with Gasteiger partial charge in [0.15, 0.2) is 11.6 Å². The molecule has 0 aliphatic rings. The van der Waals surface area contributed by atoms with Crippen LogP contribution >= 0.6 is 0 Å². The molecular weight excluding hydrogens is 288 g/mol. The average Bonchev–Trinajstić information content (AvgIpc) is 2.31. The van der Waals surface area contributed by atoms with Gasteiger partial charge >= 0.3 is 15.6 Å². The Balaban J connectivity index is 2.61. The van der Waals surface area contributed by atoms with Crippen LogP contribution in [-0.4, -0.2) is 13.9 Å². The van der Waals surface area contributed by atoms with Gasteiger partial charge in [0.05, 0.1) is 0 Å². The van der Waals surface area contributed by atoms with E-state index in [1.165, 1.54) is 24.3 Å². The first-order valence-corrected chi connectivity index (χ1v) is 6.31. The average molecular weight is 294 g/mol. The summed E-state index contributed by atoms with van der Waals surface area (Å²) in [6, 6.07) is 7.89. The highest BCUT2D eigenvalue weighted by Gasteiger charge is 2.49. The summed E-state index contributed by atoms with van der Waals surface area (Å²) in [6.45, 7) is 0. The van der Waals surface area contributed by atoms with E-state index in [0.717, 1.165) is 6.07 Å². The summed E-state index contributed by atoms with van der Waals surface area (Å²) in [4.78, 5) is 0. The lowest BCUT2D eigenvalue weighted by molar-refractivity contribution is -0.0500. The van der Waals surface area contributed by atoms with Crippen LogP contribution in [-0.2, 0) is 10.1 Å². The molecule has 2 rings (SSSR count). The van der Waals surface area contributed by atoms with Crippen LogP contribution in [0.15, 0.2) is 36.4 Å². The Morgan fingerprint density at radius 2 is 1.63 bits per heavy atom. The molecule has 0 bridgehead atoms. The maximum absolute atomic E-state index is 13.5. The lowest BCUT2D eigenvalue weighted by atomic mass is 10.1. The number of halogens is 4. The third-order valence-electron chi connectivity index (χ3n) is 2.31. The number of alkyl halides is 3. The largest absolute Gasteiger partial charge is 0.534 e. The molecule has 8 heteroatoms. The van der Waals surface area contributed by atoms with Crippen molar-refractivity contribution in [3.8, 4) is 5.75 Å². The van der Waals surface area contributed by atoms with Crippen molar-refractivity contribution in [1.29, 1.82) is 0 Å². The summed E-state index contributed by atoms with van der Waals surface area (Å²) >= 11 is 0. The van der Waals surface area contributed by atoms with Crippen molar-refractivity contribution in [2.45, 2.75) is 5.51 Å². The minimum atomic E-state index is -5.90. The van der Waals surface area contributed by atoms with Gasteiger partial charge in [0, 0.05) is 5.39 Å². The van der Waals surface area contributed by atoms with Crippen molar-refractivity contribution in [3.05, 3.63) is 42.2 Å². The normalized spacial score (nSPS) is 12.6. The molecule has 0 radical (unpaired) electrons. The lowest BCUT2D eigenvalue weighted by Gasteiger charge is -2.12. The van der Waals surface area contributed by atoms with Gasteiger partial charge in [-0.25, -0.2) is 4.39 Å². The quantitative estimate of drug-likeness (QED) is 0.485. The second kappa shape index (κ2) is 4.37. The fourth-order valence-electron chi connectivity index (χ4n) is 1.46. The van der Waals surface area contributed by atoms with E-state index in [1.807, 2.05) is 0 Å². The summed E-state index contributed by atoms with van der Waals surface area (Å²) in [7, 11) is -5.90. The maximum Gasteiger partial charge on any atom is 0.534 e. The topological polar surface area (TPSA) is 43.4 Å². The molecule has 3 nitrogen and oxygen atoms in total. The van der Waals surface area contributed by atoms with Gasteiger partial charge in [-0.2, -0.15) is 21.6 Å². The van der Waals surface area contributed by atoms with Crippen LogP contribution in [0, 0.1) is 5.82 Å². The highest BCUT2D eigenvalue weighted by Crippen LogP contribution is 2.33. The summed E-state index contributed by atoms with van der Waals surface area (Å²) in [5.41, 5.74) is -5.61. The van der Waals surface area contributed by atoms with Gasteiger partial charge in [-0.15, -0.1) is 0 Å². The monoisotopic (exact) mass is 294 g/mol. The van der Waals surface area contributed by atoms with E-state index in [-0.39, 0.29) is 5.39 Å². The zero-order valence-electron chi connectivity index (χ0n) is 9.11. The number of benzene rings is 2. The highest BCUT2D eigenvalue weighted by molar-refractivity contribution is 7.88. The molecule has 0 N–H and O–H groups in total. The zero-order valence-corrected chi connectivity index (χ0v) is 9.93. The molecule has 0 heterocycles. The zero-order chi connectivity index (χ0) is 14.3. The van der Waals surface area contributed by atoms with Crippen LogP contribution in [0.25, 0.3) is 10.8 Å². The molecule has 2 aromatic rings. The Morgan fingerprint density at radius 1 is 1.00 bits per heavy atom. The first-order chi connectivity index (χ1) is 8.72. The molecule has 102 valence electrons. The van der Waals surface area contributed by atoms with Crippen molar-refractivity contribution in [1.82, 2.24) is 0 Å². The number of hydrogen-bond donors (Lipinski definition) is 0. The summed E-state index contributed by atoms with van der Waals surface area (Å²) in [5.74, 6) is -2.15. The Morgan fingerprint density at radius 3 is 2.26 bits per heavy atom. The SMILES string of the molecule is O=S(=O)(Oc1c(F)ccc2ccccc12)C(F)(F)F. The highest BCUT2D eigenvalue weighted by atomic mass is 32.2. The molecule has 0 fully saturated rings. The third kappa shape index (κ3) is 2.48. The minimum Gasteiger partial charge on any atom is -0.372 e. The van der Waals surface area contributed by atoms with E-state index in [9.17, 15) is 26.0 Å². The molecular formula is C11H6F4O3S. The summed E-state index contributed by atoms with van der Waals surface area (Å²) < 4.78 is 75.8. The second-order valence-corrected chi connectivity index (χ2v) is 5.12. The van der Waals surface area contributed by atoms with E-state index in [1.54, 1.807) is 6.07 Å². The van der Waals surface area contributed by atoms with Gasteiger partial charge in [0.25, 0.3) is 0 Å². The second-order valence-electron chi connectivity index (χ2n) is 3.58. The van der Waals surface area contributed by atoms with Crippen LogP contribution in [0.5, 0.6) is 5.75 Å². The van der Waals surface area contributed by atoms with Crippen molar-refractivity contribution in [3.63, 3.8) is 0 Å². The molecule has 0 aliphatic heterocycles. The van der Waals surface area contributed by atoms with E-state index in [4.69, 9.17) is 0 Å². The predicted molar refractivity (Wildman–Crippen MR) is 59.5 cm³/mol. The molecule has 0 aromatic heterocycles. The number of hydrogen-bond acceptors (Lipinski definition) is 3. The van der Waals surface area contributed by atoms with Crippen LogP contribution in [0.4, 0.5) is 17.6 Å². The summed E-state index contributed by atoms with van der Waals surface area (Å²) in [6.07, 6.45) is 0. The van der Waals surface area contributed by atoms with Gasteiger partial charge in [0.1, 0.15) is 0 Å². The molecule has 0 atom stereocenters. The van der Waals surface area contributed by atoms with Crippen molar-refractivity contribution in [2.24, 2.45) is 0 Å². The van der Waals surface area contributed by atoms with E-state index in [0.29, 0.717) is 5.39 Å². The van der Waals surface area contributed by atoms with E-state index >= 15 is 0 Å². The van der Waals surface area contributed by atoms with Gasteiger partial charge in [0.2, 0.25) is 0 Å². The third-order valence-corrected chi connectivity index (χ3v) is 3.26. The Hall–Kier alpha value is -1.83. The van der Waals surface area contributed by atoms with Crippen LogP contribution in [0.2, 0.25) is 0 Å². The van der Waals surface area contributed by atoms with Crippen LogP contribution < -0.4 is 4.18 Å². The van der Waals surface area contributed by atoms with Crippen molar-refractivity contribution < 1.29 is 30.2 Å². The molecule has 2 aromatic carbocycles. The Kier molecular flexibility index (Phi) is 3.13. The summed E-state index contributed by atoms with van der Waals surface area (Å²) in [5, 5.41) is 0.298. The van der Waals surface area contributed by atoms with Crippen LogP contribution in [0.3, 0.4) is 0 Å². The molecule has 0 amide bonds. The molecule has 0 aliphatic carbocycles. The Labute approximate surface area is 105 Å². The fourth-order valence-corrected chi connectivity index (χ4v) is 1.94. The van der Waals surface area contributed by atoms with Crippen molar-refractivity contribution >= 4 is 20.9 Å². The van der Waals surface area contributed by atoms with Gasteiger partial charge in [-0.3, -0.25) is 0 Å². The van der Waals surface area contributed by atoms with Gasteiger partial charge in [-0.05, 0) is 11.5 Å². The van der Waals surface area contributed by atoms with Gasteiger partial charge in [-0.1, -0.05) is 30.3 Å². The molecule has 0 saturated heterocycles. The maximum atomic E-state index is 13.5. The number of fused-ring (bicyclic) bond motifs is 1. The standard InChI is InChI=1S/C11H6F4O3S/c12-9-6-5-7-3-1-2-4-8(7)10(9)18-19(16,17)11(13,14)15/h1-6H. The molecule has 0 unspecified atom stereocenters. The molecule has 0 saturated carbocycles. The van der Waals surface area contributed by atoms with E-state index < -0.39 is 27.2 Å². The molecule has 0 spiro atoms. The van der Waals surface area contributed by atoms with Crippen LogP contribution in [0.1, 0.15) is 0 Å². The molecule has 19 heavy (non-hydrogen) atoms. The predicted octanol–water partition coefficient (Wildman–Crippen LogP) is 3.21. The van der Waals surface area contributed by atoms with E-state index in [2.05, 4.69) is 4.18 Å². The minimum absolute atomic E-state index is 0.0599. The first-order valence-electron chi connectivity index (χ1n) is 4.90.